The van der Waals surface area contributed by atoms with Gasteiger partial charge in [-0.25, -0.2) is 13.1 Å². The van der Waals surface area contributed by atoms with Crippen LogP contribution in [0.4, 0.5) is 5.69 Å². The molecule has 0 saturated carbocycles. The van der Waals surface area contributed by atoms with E-state index in [1.54, 1.807) is 6.07 Å². The number of nitrogen functional groups attached to an aromatic ring is 1. The zero-order valence-corrected chi connectivity index (χ0v) is 10.9. The molecule has 0 radical (unpaired) electrons. The molecule has 0 bridgehead atoms. The van der Waals surface area contributed by atoms with Gasteiger partial charge < -0.3 is 10.5 Å². The molecule has 0 spiro atoms. The number of rotatable bonds is 4. The van der Waals surface area contributed by atoms with Crippen molar-refractivity contribution in [1.82, 2.24) is 4.72 Å². The molecule has 0 aliphatic heterocycles. The lowest BCUT2D eigenvalue weighted by Crippen LogP contribution is -2.33. The molecule has 0 atom stereocenters. The van der Waals surface area contributed by atoms with Crippen molar-refractivity contribution in [3.8, 4) is 5.75 Å². The summed E-state index contributed by atoms with van der Waals surface area (Å²) in [6.45, 7) is 0. The fraction of sp³-hybridized carbons (Fsp3) is 0.333. The van der Waals surface area contributed by atoms with Crippen molar-refractivity contribution in [2.24, 2.45) is 0 Å². The zero-order chi connectivity index (χ0) is 13.2. The number of ether oxygens (including phenoxy) is 1. The first-order chi connectivity index (χ1) is 8.53. The molecule has 0 saturated heterocycles. The summed E-state index contributed by atoms with van der Waals surface area (Å²) in [5, 5.41) is 0. The van der Waals surface area contributed by atoms with Crippen molar-refractivity contribution in [3.63, 3.8) is 0 Å². The van der Waals surface area contributed by atoms with E-state index in [1.807, 2.05) is 12.2 Å². The summed E-state index contributed by atoms with van der Waals surface area (Å²) in [7, 11) is -2.06. The second-order valence-corrected chi connectivity index (χ2v) is 5.85. The molecule has 1 aromatic rings. The van der Waals surface area contributed by atoms with E-state index in [2.05, 4.69) is 4.72 Å². The standard InChI is InChI=1S/C12H16N2O3S/c1-17-10-6-7-12(11(13)8-10)18(15,16)14-9-4-2-3-5-9/h2-3,6-9,14H,4-5,13H2,1H3. The minimum Gasteiger partial charge on any atom is -0.497 e. The highest BCUT2D eigenvalue weighted by Crippen LogP contribution is 2.24. The maximum absolute atomic E-state index is 12.1. The van der Waals surface area contributed by atoms with Crippen LogP contribution in [0.2, 0.25) is 0 Å². The Morgan fingerprint density at radius 1 is 1.33 bits per heavy atom. The Morgan fingerprint density at radius 2 is 2.00 bits per heavy atom. The molecule has 18 heavy (non-hydrogen) atoms. The lowest BCUT2D eigenvalue weighted by Gasteiger charge is -2.14. The van der Waals surface area contributed by atoms with Crippen LogP contribution in [-0.4, -0.2) is 21.6 Å². The molecule has 1 aliphatic rings. The number of methoxy groups -OCH3 is 1. The SMILES string of the molecule is COc1ccc(S(=O)(=O)NC2CC=CC2)c(N)c1. The number of nitrogens with one attached hydrogen (secondary N) is 1. The van der Waals surface area contributed by atoms with Gasteiger partial charge in [0.15, 0.2) is 0 Å². The second-order valence-electron chi connectivity index (χ2n) is 4.16. The highest BCUT2D eigenvalue weighted by Gasteiger charge is 2.22. The fourth-order valence-electron chi connectivity index (χ4n) is 1.89. The third-order valence-corrected chi connectivity index (χ3v) is 4.43. The maximum atomic E-state index is 12.1. The summed E-state index contributed by atoms with van der Waals surface area (Å²) in [6.07, 6.45) is 5.36. The quantitative estimate of drug-likeness (QED) is 0.636. The number of benzene rings is 1. The van der Waals surface area contributed by atoms with E-state index >= 15 is 0 Å². The third kappa shape index (κ3) is 2.65. The zero-order valence-electron chi connectivity index (χ0n) is 10.1. The van der Waals surface area contributed by atoms with Crippen molar-refractivity contribution in [2.45, 2.75) is 23.8 Å². The molecule has 0 fully saturated rings. The molecule has 98 valence electrons. The second kappa shape index (κ2) is 4.99. The Bertz CT molecular complexity index is 559. The Kier molecular flexibility index (Phi) is 3.58. The molecular formula is C12H16N2O3S. The third-order valence-electron chi connectivity index (χ3n) is 2.84. The van der Waals surface area contributed by atoms with Crippen LogP contribution in [0.5, 0.6) is 5.75 Å². The number of hydrogen-bond donors (Lipinski definition) is 2. The number of hydrogen-bond acceptors (Lipinski definition) is 4. The lowest BCUT2D eigenvalue weighted by molar-refractivity contribution is 0.414. The van der Waals surface area contributed by atoms with Crippen LogP contribution in [0.3, 0.4) is 0 Å². The molecule has 1 aliphatic carbocycles. The number of nitrogens with two attached hydrogens (primary N) is 1. The summed E-state index contributed by atoms with van der Waals surface area (Å²) in [5.41, 5.74) is 5.93. The van der Waals surface area contributed by atoms with E-state index in [1.165, 1.54) is 19.2 Å². The van der Waals surface area contributed by atoms with Gasteiger partial charge in [-0.1, -0.05) is 12.2 Å². The van der Waals surface area contributed by atoms with Crippen molar-refractivity contribution < 1.29 is 13.2 Å². The van der Waals surface area contributed by atoms with Gasteiger partial charge in [-0.3, -0.25) is 0 Å². The van der Waals surface area contributed by atoms with Gasteiger partial charge in [0.2, 0.25) is 10.0 Å². The summed E-state index contributed by atoms with van der Waals surface area (Å²) < 4.78 is 31.9. The maximum Gasteiger partial charge on any atom is 0.242 e. The summed E-state index contributed by atoms with van der Waals surface area (Å²) in [4.78, 5) is 0.0928. The molecule has 5 nitrogen and oxygen atoms in total. The Hall–Kier alpha value is -1.53. The highest BCUT2D eigenvalue weighted by atomic mass is 32.2. The molecule has 6 heteroatoms. The van der Waals surface area contributed by atoms with E-state index in [0.717, 1.165) is 12.8 Å². The number of sulfonamides is 1. The average Bonchev–Trinajstić information content (AvgIpc) is 2.80. The minimum absolute atomic E-state index is 0.0727. The fourth-order valence-corrected chi connectivity index (χ4v) is 3.27. The van der Waals surface area contributed by atoms with Crippen LogP contribution < -0.4 is 15.2 Å². The summed E-state index contributed by atoms with van der Waals surface area (Å²) in [6, 6.07) is 4.47. The molecule has 3 N–H and O–H groups in total. The summed E-state index contributed by atoms with van der Waals surface area (Å²) in [5.74, 6) is 0.536. The monoisotopic (exact) mass is 268 g/mol. The largest absolute Gasteiger partial charge is 0.497 e. The van der Waals surface area contributed by atoms with Crippen LogP contribution >= 0.6 is 0 Å². The molecule has 1 aromatic carbocycles. The first-order valence-corrected chi connectivity index (χ1v) is 7.12. The molecule has 0 amide bonds. The average molecular weight is 268 g/mol. The first kappa shape index (κ1) is 12.9. The molecule has 2 rings (SSSR count). The Balaban J connectivity index is 2.23. The van der Waals surface area contributed by atoms with Crippen LogP contribution in [-0.2, 0) is 10.0 Å². The Labute approximate surface area is 107 Å². The minimum atomic E-state index is -3.57. The van der Waals surface area contributed by atoms with Gasteiger partial charge in [0.25, 0.3) is 0 Å². The van der Waals surface area contributed by atoms with Crippen LogP contribution in [0, 0.1) is 0 Å². The van der Waals surface area contributed by atoms with Crippen molar-refractivity contribution in [1.29, 1.82) is 0 Å². The van der Waals surface area contributed by atoms with E-state index in [4.69, 9.17) is 10.5 Å². The molecular weight excluding hydrogens is 252 g/mol. The van der Waals surface area contributed by atoms with Crippen molar-refractivity contribution in [3.05, 3.63) is 30.4 Å². The molecule has 0 aromatic heterocycles. The van der Waals surface area contributed by atoms with Crippen LogP contribution in [0.15, 0.2) is 35.2 Å². The van der Waals surface area contributed by atoms with Gasteiger partial charge >= 0.3 is 0 Å². The van der Waals surface area contributed by atoms with E-state index < -0.39 is 10.0 Å². The van der Waals surface area contributed by atoms with Gasteiger partial charge in [-0.2, -0.15) is 0 Å². The lowest BCUT2D eigenvalue weighted by atomic mass is 10.3. The molecule has 0 heterocycles. The van der Waals surface area contributed by atoms with Crippen LogP contribution in [0.1, 0.15) is 12.8 Å². The first-order valence-electron chi connectivity index (χ1n) is 5.64. The van der Waals surface area contributed by atoms with E-state index in [9.17, 15) is 8.42 Å². The van der Waals surface area contributed by atoms with Gasteiger partial charge in [-0.15, -0.1) is 0 Å². The number of anilines is 1. The van der Waals surface area contributed by atoms with E-state index in [0.29, 0.717) is 5.75 Å². The summed E-state index contributed by atoms with van der Waals surface area (Å²) >= 11 is 0. The van der Waals surface area contributed by atoms with Crippen molar-refractivity contribution in [2.75, 3.05) is 12.8 Å². The Morgan fingerprint density at radius 3 is 2.56 bits per heavy atom. The topological polar surface area (TPSA) is 81.4 Å². The van der Waals surface area contributed by atoms with Gasteiger partial charge in [0, 0.05) is 12.1 Å². The highest BCUT2D eigenvalue weighted by molar-refractivity contribution is 7.89. The predicted molar refractivity (Wildman–Crippen MR) is 69.9 cm³/mol. The smallest absolute Gasteiger partial charge is 0.242 e. The molecule has 0 unspecified atom stereocenters. The van der Waals surface area contributed by atoms with Crippen molar-refractivity contribution >= 4 is 15.7 Å². The van der Waals surface area contributed by atoms with Gasteiger partial charge in [0.05, 0.1) is 12.8 Å². The van der Waals surface area contributed by atoms with Gasteiger partial charge in [-0.05, 0) is 25.0 Å². The van der Waals surface area contributed by atoms with Crippen LogP contribution in [0.25, 0.3) is 0 Å². The van der Waals surface area contributed by atoms with E-state index in [-0.39, 0.29) is 16.6 Å². The predicted octanol–water partition coefficient (Wildman–Crippen LogP) is 1.27. The van der Waals surface area contributed by atoms with Gasteiger partial charge in [0.1, 0.15) is 10.6 Å². The normalized spacial score (nSPS) is 16.1.